The Morgan fingerprint density at radius 2 is 1.74 bits per heavy atom. The summed E-state index contributed by atoms with van der Waals surface area (Å²) in [5.74, 6) is -2.46. The van der Waals surface area contributed by atoms with Gasteiger partial charge in [-0.05, 0) is 36.7 Å². The van der Waals surface area contributed by atoms with Gasteiger partial charge >= 0.3 is 6.18 Å². The molecule has 2 aromatic heterocycles. The van der Waals surface area contributed by atoms with Crippen LogP contribution in [0.3, 0.4) is 0 Å². The number of halogens is 5. The smallest absolute Gasteiger partial charge is 0.420 e. The highest BCUT2D eigenvalue weighted by Gasteiger charge is 2.40. The van der Waals surface area contributed by atoms with Gasteiger partial charge < -0.3 is 20.2 Å². The molecular weight excluding hydrogens is 557 g/mol. The Bertz CT molecular complexity index is 1650. The molecule has 2 aliphatic heterocycles. The van der Waals surface area contributed by atoms with E-state index in [-0.39, 0.29) is 33.8 Å². The summed E-state index contributed by atoms with van der Waals surface area (Å²) in [6.45, 7) is 9.26. The van der Waals surface area contributed by atoms with Crippen molar-refractivity contribution in [1.29, 1.82) is 0 Å². The lowest BCUT2D eigenvalue weighted by Gasteiger charge is -2.45. The fourth-order valence-corrected chi connectivity index (χ4v) is 5.95. The first kappa shape index (κ1) is 28.3. The third kappa shape index (κ3) is 4.83. The van der Waals surface area contributed by atoms with Crippen LogP contribution in [0.1, 0.15) is 19.4 Å². The van der Waals surface area contributed by atoms with E-state index in [1.165, 1.54) is 12.3 Å². The van der Waals surface area contributed by atoms with Crippen molar-refractivity contribution in [3.8, 4) is 17.0 Å². The molecule has 0 saturated carbocycles. The summed E-state index contributed by atoms with van der Waals surface area (Å²) in [6.07, 6.45) is -3.72. The summed E-state index contributed by atoms with van der Waals surface area (Å²) in [5, 5.41) is 13.3. The average molecular weight is 588 g/mol. The molecule has 0 radical (unpaired) electrons. The Hall–Kier alpha value is -3.84. The molecule has 0 aliphatic carbocycles. The summed E-state index contributed by atoms with van der Waals surface area (Å²) in [7, 11) is 0. The fraction of sp³-hybridized carbons (Fsp3) is 0.414. The summed E-state index contributed by atoms with van der Waals surface area (Å²) in [5.41, 5.74) is -2.62. The number of pyridine rings is 1. The number of hydrogen-bond acceptors (Lipinski definition) is 8. The van der Waals surface area contributed by atoms with Crippen LogP contribution in [0.2, 0.25) is 0 Å². The second kappa shape index (κ2) is 10.8. The number of piperazine rings is 1. The van der Waals surface area contributed by atoms with Crippen molar-refractivity contribution < 1.29 is 27.1 Å². The number of anilines is 2. The first-order valence-electron chi connectivity index (χ1n) is 13.9. The summed E-state index contributed by atoms with van der Waals surface area (Å²) in [6, 6.07) is 4.42. The van der Waals surface area contributed by atoms with Gasteiger partial charge in [0.1, 0.15) is 17.1 Å². The van der Waals surface area contributed by atoms with Crippen molar-refractivity contribution in [3.63, 3.8) is 0 Å². The van der Waals surface area contributed by atoms with E-state index in [0.717, 1.165) is 31.3 Å². The van der Waals surface area contributed by atoms with E-state index in [2.05, 4.69) is 34.0 Å². The predicted octanol–water partition coefficient (Wildman–Crippen LogP) is 4.79. The van der Waals surface area contributed by atoms with Crippen molar-refractivity contribution >= 4 is 33.4 Å². The largest absolute Gasteiger partial charge is 0.508 e. The van der Waals surface area contributed by atoms with Crippen LogP contribution in [0.25, 0.3) is 32.9 Å². The Morgan fingerprint density at radius 1 is 1.02 bits per heavy atom. The average Bonchev–Trinajstić information content (AvgIpc) is 2.95. The normalized spacial score (nSPS) is 16.6. The van der Waals surface area contributed by atoms with Gasteiger partial charge in [-0.3, -0.25) is 9.88 Å². The van der Waals surface area contributed by atoms with Crippen LogP contribution in [-0.4, -0.2) is 83.4 Å². The number of nitrogens with one attached hydrogen (secondary N) is 1. The topological polar surface area (TPSA) is 80.7 Å². The van der Waals surface area contributed by atoms with Crippen LogP contribution < -0.4 is 15.1 Å². The molecule has 6 rings (SSSR count). The second-order valence-corrected chi connectivity index (χ2v) is 10.6. The number of phenols is 1. The lowest BCUT2D eigenvalue weighted by molar-refractivity contribution is -0.136. The number of alkyl halides is 3. The van der Waals surface area contributed by atoms with Crippen LogP contribution in [0, 0.1) is 11.6 Å². The Morgan fingerprint density at radius 3 is 2.40 bits per heavy atom. The summed E-state index contributed by atoms with van der Waals surface area (Å²) < 4.78 is 74.5. The van der Waals surface area contributed by atoms with Crippen LogP contribution in [-0.2, 0) is 6.18 Å². The first-order chi connectivity index (χ1) is 20.1. The van der Waals surface area contributed by atoms with Gasteiger partial charge in [-0.1, -0.05) is 19.9 Å². The van der Waals surface area contributed by atoms with E-state index in [1.807, 2.05) is 9.80 Å². The maximum atomic E-state index is 15.1. The number of phenolic OH excluding ortho intramolecular Hbond substituents is 1. The third-order valence-electron chi connectivity index (χ3n) is 8.13. The predicted molar refractivity (Wildman–Crippen MR) is 151 cm³/mol. The molecule has 0 unspecified atom stereocenters. The number of aromatic hydroxyl groups is 1. The van der Waals surface area contributed by atoms with E-state index < -0.39 is 40.2 Å². The lowest BCUT2D eigenvalue weighted by atomic mass is 9.96. The van der Waals surface area contributed by atoms with E-state index in [9.17, 15) is 9.50 Å². The Kier molecular flexibility index (Phi) is 7.26. The minimum absolute atomic E-state index is 0.0341. The second-order valence-electron chi connectivity index (χ2n) is 10.6. The number of aromatic nitrogens is 3. The highest BCUT2D eigenvalue weighted by atomic mass is 19.4. The highest BCUT2D eigenvalue weighted by molar-refractivity contribution is 6.02. The summed E-state index contributed by atoms with van der Waals surface area (Å²) in [4.78, 5) is 19.4. The number of likely N-dealkylation sites (N-methyl/N-ethyl adjacent to an activating group) is 1. The number of rotatable bonds is 6. The molecule has 2 saturated heterocycles. The third-order valence-corrected chi connectivity index (χ3v) is 8.13. The van der Waals surface area contributed by atoms with Crippen LogP contribution in [0.4, 0.5) is 33.7 Å². The van der Waals surface area contributed by atoms with Gasteiger partial charge in [0.25, 0.3) is 0 Å². The molecule has 42 heavy (non-hydrogen) atoms. The van der Waals surface area contributed by atoms with Gasteiger partial charge in [0, 0.05) is 62.5 Å². The molecule has 4 aromatic rings. The SMILES string of the molecule is CCN(CC)C1CN(c2nc(N3CCNCC3)c3cnc(-c4cc(O)cc5ccc(F)c(F)c45)c(C(F)(F)F)c3n2)C1. The van der Waals surface area contributed by atoms with Crippen molar-refractivity contribution in [2.75, 3.05) is 62.2 Å². The molecule has 2 N–H and O–H groups in total. The molecule has 0 atom stereocenters. The molecule has 0 amide bonds. The minimum Gasteiger partial charge on any atom is -0.508 e. The molecule has 2 fully saturated rings. The Balaban J connectivity index is 1.60. The van der Waals surface area contributed by atoms with E-state index in [0.29, 0.717) is 45.1 Å². The van der Waals surface area contributed by atoms with Gasteiger partial charge in [0.05, 0.1) is 16.6 Å². The first-order valence-corrected chi connectivity index (χ1v) is 13.9. The molecule has 8 nitrogen and oxygen atoms in total. The number of fused-ring (bicyclic) bond motifs is 2. The monoisotopic (exact) mass is 587 g/mol. The van der Waals surface area contributed by atoms with E-state index >= 15 is 17.6 Å². The zero-order valence-corrected chi connectivity index (χ0v) is 23.1. The number of hydrogen-bond donors (Lipinski definition) is 2. The molecule has 4 heterocycles. The van der Waals surface area contributed by atoms with E-state index in [1.54, 1.807) is 0 Å². The van der Waals surface area contributed by atoms with Crippen LogP contribution in [0.15, 0.2) is 30.5 Å². The number of benzene rings is 2. The zero-order chi connectivity index (χ0) is 29.8. The molecule has 222 valence electrons. The quantitative estimate of drug-likeness (QED) is 0.312. The van der Waals surface area contributed by atoms with Crippen LogP contribution >= 0.6 is 0 Å². The molecule has 2 aromatic carbocycles. The highest BCUT2D eigenvalue weighted by Crippen LogP contribution is 2.45. The maximum Gasteiger partial charge on any atom is 0.420 e. The molecule has 13 heteroatoms. The maximum absolute atomic E-state index is 15.1. The van der Waals surface area contributed by atoms with Gasteiger partial charge in [-0.15, -0.1) is 0 Å². The lowest BCUT2D eigenvalue weighted by Crippen LogP contribution is -2.60. The number of nitrogens with zero attached hydrogens (tertiary/aromatic N) is 6. The molecular formula is C29H30F5N7O. The molecule has 0 spiro atoms. The molecule has 2 aliphatic rings. The Labute approximate surface area is 238 Å². The summed E-state index contributed by atoms with van der Waals surface area (Å²) >= 11 is 0. The standard InChI is InChI=1S/C29H30F5N7O/c1-3-39(4-2)17-14-41(15-17)28-37-26-20(27(38-28)40-9-7-35-8-10-40)13-36-25(23(26)29(32,33)34)19-12-18(42)11-16-5-6-21(30)24(31)22(16)19/h5-6,11-13,17,35,42H,3-4,7-10,14-15H2,1-2H3. The van der Waals surface area contributed by atoms with Gasteiger partial charge in [-0.2, -0.15) is 18.2 Å². The fourth-order valence-electron chi connectivity index (χ4n) is 5.95. The van der Waals surface area contributed by atoms with Gasteiger partial charge in [-0.25, -0.2) is 13.8 Å². The van der Waals surface area contributed by atoms with Crippen molar-refractivity contribution in [1.82, 2.24) is 25.2 Å². The van der Waals surface area contributed by atoms with Gasteiger partial charge in [0.2, 0.25) is 5.95 Å². The van der Waals surface area contributed by atoms with Crippen molar-refractivity contribution in [3.05, 3.63) is 47.7 Å². The molecule has 0 bridgehead atoms. The van der Waals surface area contributed by atoms with Gasteiger partial charge in [0.15, 0.2) is 11.6 Å². The zero-order valence-electron chi connectivity index (χ0n) is 23.1. The minimum atomic E-state index is -4.98. The van der Waals surface area contributed by atoms with Crippen molar-refractivity contribution in [2.45, 2.75) is 26.1 Å². The van der Waals surface area contributed by atoms with E-state index in [4.69, 9.17) is 4.98 Å². The van der Waals surface area contributed by atoms with Crippen molar-refractivity contribution in [2.24, 2.45) is 0 Å². The van der Waals surface area contributed by atoms with Crippen LogP contribution in [0.5, 0.6) is 5.75 Å².